The first-order valence-electron chi connectivity index (χ1n) is 4.67. The smallest absolute Gasteiger partial charge is 0.243 e. The van der Waals surface area contributed by atoms with Gasteiger partial charge in [-0.25, -0.2) is 17.9 Å². The Morgan fingerprint density at radius 1 is 1.44 bits per heavy atom. The Hall–Kier alpha value is -0.850. The van der Waals surface area contributed by atoms with Gasteiger partial charge in [0.25, 0.3) is 0 Å². The van der Waals surface area contributed by atoms with Crippen LogP contribution >= 0.6 is 11.6 Å². The monoisotopic (exact) mass is 264 g/mol. The molecular weight excluding hydrogens is 255 g/mol. The molecule has 4 nitrogen and oxygen atoms in total. The molecule has 2 rings (SSSR count). The van der Waals surface area contributed by atoms with Crippen molar-refractivity contribution in [2.45, 2.75) is 23.8 Å². The van der Waals surface area contributed by atoms with E-state index in [-0.39, 0.29) is 16.8 Å². The van der Waals surface area contributed by atoms with Gasteiger partial charge in [0.2, 0.25) is 10.0 Å². The molecule has 0 unspecified atom stereocenters. The maximum Gasteiger partial charge on any atom is 0.243 e. The second-order valence-electron chi connectivity index (χ2n) is 3.70. The van der Waals surface area contributed by atoms with Gasteiger partial charge in [0.15, 0.2) is 0 Å². The minimum Gasteiger partial charge on any atom is -0.380 e. The van der Waals surface area contributed by atoms with Gasteiger partial charge in [-0.1, -0.05) is 11.6 Å². The average Bonchev–Trinajstić information content (AvgIpc) is 2.93. The predicted octanol–water partition coefficient (Wildman–Crippen LogP) is 1.70. The van der Waals surface area contributed by atoms with E-state index in [1.807, 2.05) is 0 Å². The first-order valence-corrected chi connectivity index (χ1v) is 6.59. The summed E-state index contributed by atoms with van der Waals surface area (Å²) in [6.07, 6.45) is 1.83. The molecule has 0 aromatic heterocycles. The van der Waals surface area contributed by atoms with Crippen LogP contribution in [0.5, 0.6) is 0 Å². The lowest BCUT2D eigenvalue weighted by Crippen LogP contribution is -2.18. The molecule has 0 bridgehead atoms. The summed E-state index contributed by atoms with van der Waals surface area (Å²) in [6, 6.07) is 2.44. The zero-order valence-corrected chi connectivity index (χ0v) is 9.78. The number of benzene rings is 1. The van der Waals surface area contributed by atoms with E-state index in [1.54, 1.807) is 0 Å². The van der Waals surface area contributed by atoms with Crippen molar-refractivity contribution >= 4 is 27.3 Å². The molecule has 1 aromatic rings. The highest BCUT2D eigenvalue weighted by molar-refractivity contribution is 7.89. The Balaban J connectivity index is 2.58. The largest absolute Gasteiger partial charge is 0.380 e. The van der Waals surface area contributed by atoms with Crippen LogP contribution < -0.4 is 10.5 Å². The van der Waals surface area contributed by atoms with Crippen LogP contribution in [-0.4, -0.2) is 14.5 Å². The molecule has 1 saturated carbocycles. The molecule has 0 spiro atoms. The summed E-state index contributed by atoms with van der Waals surface area (Å²) < 4.78 is 36.0. The normalized spacial score (nSPS) is 16.2. The lowest BCUT2D eigenvalue weighted by atomic mass is 10.3. The van der Waals surface area contributed by atoms with Gasteiger partial charge in [-0.15, -0.1) is 0 Å². The quantitative estimate of drug-likeness (QED) is 0.873. The third-order valence-corrected chi connectivity index (χ3v) is 3.55. The van der Waals surface area contributed by atoms with Gasteiger partial charge in [0.1, 0.15) is 10.7 Å². The van der Waals surface area contributed by atoms with E-state index in [2.05, 4.69) is 5.32 Å². The Bertz CT molecular complexity index is 529. The number of primary sulfonamides is 1. The van der Waals surface area contributed by atoms with Crippen LogP contribution in [0.1, 0.15) is 12.8 Å². The second kappa shape index (κ2) is 3.87. The third-order valence-electron chi connectivity index (χ3n) is 2.27. The molecule has 1 fully saturated rings. The lowest BCUT2D eigenvalue weighted by molar-refractivity contribution is 0.569. The fourth-order valence-corrected chi connectivity index (χ4v) is 2.44. The first kappa shape index (κ1) is 11.6. The highest BCUT2D eigenvalue weighted by Gasteiger charge is 2.28. The van der Waals surface area contributed by atoms with Crippen molar-refractivity contribution in [1.82, 2.24) is 0 Å². The van der Waals surface area contributed by atoms with Gasteiger partial charge < -0.3 is 5.32 Å². The van der Waals surface area contributed by atoms with E-state index in [4.69, 9.17) is 16.7 Å². The Morgan fingerprint density at radius 2 is 2.06 bits per heavy atom. The third kappa shape index (κ3) is 2.28. The van der Waals surface area contributed by atoms with E-state index < -0.39 is 20.7 Å². The van der Waals surface area contributed by atoms with Crippen LogP contribution in [0.25, 0.3) is 0 Å². The number of hydrogen-bond acceptors (Lipinski definition) is 3. The highest BCUT2D eigenvalue weighted by Crippen LogP contribution is 2.35. The Labute approximate surface area is 97.6 Å². The topological polar surface area (TPSA) is 72.2 Å². The van der Waals surface area contributed by atoms with Crippen molar-refractivity contribution in [3.05, 3.63) is 23.0 Å². The summed E-state index contributed by atoms with van der Waals surface area (Å²) in [5.74, 6) is -0.893. The molecule has 1 aliphatic carbocycles. The number of nitrogens with one attached hydrogen (secondary N) is 1. The van der Waals surface area contributed by atoms with Crippen LogP contribution in [0.15, 0.2) is 17.0 Å². The zero-order chi connectivity index (χ0) is 11.9. The van der Waals surface area contributed by atoms with E-state index >= 15 is 0 Å². The minimum atomic E-state index is -4.13. The summed E-state index contributed by atoms with van der Waals surface area (Å²) >= 11 is 5.83. The molecule has 1 aromatic carbocycles. The van der Waals surface area contributed by atoms with Crippen molar-refractivity contribution in [3.63, 3.8) is 0 Å². The molecular formula is C9H10ClFN2O2S. The summed E-state index contributed by atoms with van der Waals surface area (Å²) in [5, 5.41) is 7.98. The molecule has 0 amide bonds. The van der Waals surface area contributed by atoms with E-state index in [1.165, 1.54) is 6.07 Å². The summed E-state index contributed by atoms with van der Waals surface area (Å²) in [6.45, 7) is 0. The van der Waals surface area contributed by atoms with Gasteiger partial charge >= 0.3 is 0 Å². The number of halogens is 2. The van der Waals surface area contributed by atoms with Crippen LogP contribution in [0.4, 0.5) is 10.1 Å². The van der Waals surface area contributed by atoms with E-state index in [9.17, 15) is 12.8 Å². The fourth-order valence-electron chi connectivity index (χ4n) is 1.38. The number of rotatable bonds is 3. The second-order valence-corrected chi connectivity index (χ2v) is 5.60. The van der Waals surface area contributed by atoms with Crippen LogP contribution in [0, 0.1) is 5.82 Å². The zero-order valence-electron chi connectivity index (χ0n) is 8.20. The number of anilines is 1. The van der Waals surface area contributed by atoms with Crippen molar-refractivity contribution in [2.24, 2.45) is 5.14 Å². The van der Waals surface area contributed by atoms with Gasteiger partial charge in [-0.2, -0.15) is 0 Å². The van der Waals surface area contributed by atoms with E-state index in [0.717, 1.165) is 18.9 Å². The van der Waals surface area contributed by atoms with Crippen molar-refractivity contribution in [2.75, 3.05) is 5.32 Å². The number of hydrogen-bond donors (Lipinski definition) is 2. The van der Waals surface area contributed by atoms with Crippen molar-refractivity contribution in [3.8, 4) is 0 Å². The molecule has 1 aliphatic rings. The maximum atomic E-state index is 13.4. The molecule has 7 heteroatoms. The minimum absolute atomic E-state index is 0.0617. The highest BCUT2D eigenvalue weighted by atomic mass is 35.5. The van der Waals surface area contributed by atoms with Crippen LogP contribution in [-0.2, 0) is 10.0 Å². The van der Waals surface area contributed by atoms with Gasteiger partial charge in [0, 0.05) is 6.04 Å². The van der Waals surface area contributed by atoms with E-state index in [0.29, 0.717) is 0 Å². The maximum absolute atomic E-state index is 13.4. The summed E-state index contributed by atoms with van der Waals surface area (Å²) in [5.41, 5.74) is 0.0617. The van der Waals surface area contributed by atoms with Crippen molar-refractivity contribution < 1.29 is 12.8 Å². The molecule has 88 valence electrons. The van der Waals surface area contributed by atoms with Crippen molar-refractivity contribution in [1.29, 1.82) is 0 Å². The first-order chi connectivity index (χ1) is 7.39. The molecule has 0 heterocycles. The number of sulfonamides is 1. The standard InChI is InChI=1S/C9H10ClFN2O2S/c10-6-3-4-7(11)9(16(12,14)15)8(6)13-5-1-2-5/h3-5,13H,1-2H2,(H2,12,14,15). The average molecular weight is 265 g/mol. The molecule has 16 heavy (non-hydrogen) atoms. The molecule has 0 atom stereocenters. The predicted molar refractivity (Wildman–Crippen MR) is 59.4 cm³/mol. The number of nitrogens with two attached hydrogens (primary N) is 1. The molecule has 3 N–H and O–H groups in total. The molecule has 0 aliphatic heterocycles. The van der Waals surface area contributed by atoms with Gasteiger partial charge in [-0.05, 0) is 25.0 Å². The van der Waals surface area contributed by atoms with Gasteiger partial charge in [0.05, 0.1) is 10.7 Å². The van der Waals surface area contributed by atoms with Gasteiger partial charge in [-0.3, -0.25) is 0 Å². The van der Waals surface area contributed by atoms with Crippen LogP contribution in [0.2, 0.25) is 5.02 Å². The lowest BCUT2D eigenvalue weighted by Gasteiger charge is -2.12. The molecule has 0 saturated heterocycles. The summed E-state index contributed by atoms with van der Waals surface area (Å²) in [4.78, 5) is -0.563. The SMILES string of the molecule is NS(=O)(=O)c1c(F)ccc(Cl)c1NC1CC1. The fraction of sp³-hybridized carbons (Fsp3) is 0.333. The van der Waals surface area contributed by atoms with Crippen LogP contribution in [0.3, 0.4) is 0 Å². The Kier molecular flexibility index (Phi) is 2.81. The summed E-state index contributed by atoms with van der Waals surface area (Å²) in [7, 11) is -4.13. The molecule has 0 radical (unpaired) electrons. The Morgan fingerprint density at radius 3 is 2.56 bits per heavy atom.